The third-order valence-electron chi connectivity index (χ3n) is 4.96. The van der Waals surface area contributed by atoms with E-state index in [0.717, 1.165) is 12.0 Å². The minimum atomic E-state index is -0.447. The topological polar surface area (TPSA) is 66.6 Å². The normalized spacial score (nSPS) is 16.3. The summed E-state index contributed by atoms with van der Waals surface area (Å²) in [5.41, 5.74) is 8.48. The van der Waals surface area contributed by atoms with Crippen LogP contribution in [0.4, 0.5) is 0 Å². The van der Waals surface area contributed by atoms with E-state index in [1.165, 1.54) is 5.56 Å². The van der Waals surface area contributed by atoms with Gasteiger partial charge in [-0.05, 0) is 29.7 Å². The molecule has 1 fully saturated rings. The van der Waals surface area contributed by atoms with Gasteiger partial charge in [-0.15, -0.1) is 0 Å². The minimum absolute atomic E-state index is 0.0441. The zero-order chi connectivity index (χ0) is 18.5. The Morgan fingerprint density at radius 3 is 2.12 bits per heavy atom. The molecule has 1 aliphatic heterocycles. The van der Waals surface area contributed by atoms with E-state index in [-0.39, 0.29) is 11.8 Å². The fourth-order valence-corrected chi connectivity index (χ4v) is 3.44. The number of carbonyl (C=O) groups excluding carboxylic acids is 2. The zero-order valence-electron chi connectivity index (χ0n) is 15.1. The van der Waals surface area contributed by atoms with Crippen LogP contribution in [0.25, 0.3) is 0 Å². The standard InChI is InChI=1S/C21H25N3O2/c1-2-16-8-10-18(11-9-16)21(26)24-14-12-23(13-15-24)19(20(22)25)17-6-4-3-5-7-17/h3-11,19H,2,12-15H2,1H3,(H2,22,25). The first kappa shape index (κ1) is 18.1. The van der Waals surface area contributed by atoms with Crippen molar-refractivity contribution in [3.63, 3.8) is 0 Å². The maximum Gasteiger partial charge on any atom is 0.253 e. The fraction of sp³-hybridized carbons (Fsp3) is 0.333. The van der Waals surface area contributed by atoms with E-state index in [1.54, 1.807) is 0 Å². The third-order valence-corrected chi connectivity index (χ3v) is 4.96. The Bertz CT molecular complexity index is 751. The molecule has 0 spiro atoms. The van der Waals surface area contributed by atoms with Crippen LogP contribution in [0.1, 0.15) is 34.5 Å². The van der Waals surface area contributed by atoms with E-state index in [1.807, 2.05) is 59.5 Å². The van der Waals surface area contributed by atoms with E-state index in [4.69, 9.17) is 5.73 Å². The lowest BCUT2D eigenvalue weighted by molar-refractivity contribution is -0.124. The Kier molecular flexibility index (Phi) is 5.68. The number of nitrogens with two attached hydrogens (primary N) is 1. The second-order valence-electron chi connectivity index (χ2n) is 6.59. The number of hydrogen-bond donors (Lipinski definition) is 1. The van der Waals surface area contributed by atoms with Gasteiger partial charge >= 0.3 is 0 Å². The molecule has 1 saturated heterocycles. The van der Waals surface area contributed by atoms with Crippen LogP contribution in [0.15, 0.2) is 54.6 Å². The summed E-state index contributed by atoms with van der Waals surface area (Å²) in [6.45, 7) is 4.52. The van der Waals surface area contributed by atoms with Gasteiger partial charge in [0.1, 0.15) is 6.04 Å². The van der Waals surface area contributed by atoms with Gasteiger partial charge in [0.2, 0.25) is 5.91 Å². The van der Waals surface area contributed by atoms with E-state index in [0.29, 0.717) is 31.7 Å². The van der Waals surface area contributed by atoms with Gasteiger partial charge < -0.3 is 10.6 Å². The maximum absolute atomic E-state index is 12.7. The van der Waals surface area contributed by atoms with Crippen LogP contribution in [0.5, 0.6) is 0 Å². The number of benzene rings is 2. The van der Waals surface area contributed by atoms with Crippen LogP contribution >= 0.6 is 0 Å². The Morgan fingerprint density at radius 2 is 1.58 bits per heavy atom. The largest absolute Gasteiger partial charge is 0.368 e. The second-order valence-corrected chi connectivity index (χ2v) is 6.59. The number of rotatable bonds is 5. The number of nitrogens with zero attached hydrogens (tertiary/aromatic N) is 2. The summed E-state index contributed by atoms with van der Waals surface area (Å²) < 4.78 is 0. The Balaban J connectivity index is 1.66. The second kappa shape index (κ2) is 8.15. The van der Waals surface area contributed by atoms with Crippen molar-refractivity contribution < 1.29 is 9.59 Å². The van der Waals surface area contributed by atoms with Crippen molar-refractivity contribution in [1.29, 1.82) is 0 Å². The van der Waals surface area contributed by atoms with Crippen molar-refractivity contribution >= 4 is 11.8 Å². The van der Waals surface area contributed by atoms with Gasteiger partial charge in [-0.1, -0.05) is 49.4 Å². The first-order valence-corrected chi connectivity index (χ1v) is 9.06. The van der Waals surface area contributed by atoms with Gasteiger partial charge in [-0.25, -0.2) is 0 Å². The molecule has 2 aromatic rings. The van der Waals surface area contributed by atoms with Crippen molar-refractivity contribution in [2.75, 3.05) is 26.2 Å². The number of piperazine rings is 1. The van der Waals surface area contributed by atoms with Gasteiger partial charge in [0.25, 0.3) is 5.91 Å². The quantitative estimate of drug-likeness (QED) is 0.898. The van der Waals surface area contributed by atoms with E-state index < -0.39 is 6.04 Å². The molecule has 2 aromatic carbocycles. The van der Waals surface area contributed by atoms with Crippen LogP contribution in [-0.4, -0.2) is 47.8 Å². The first-order chi connectivity index (χ1) is 12.6. The molecule has 0 saturated carbocycles. The highest BCUT2D eigenvalue weighted by molar-refractivity contribution is 5.94. The van der Waals surface area contributed by atoms with E-state index in [9.17, 15) is 9.59 Å². The van der Waals surface area contributed by atoms with E-state index >= 15 is 0 Å². The Labute approximate surface area is 154 Å². The van der Waals surface area contributed by atoms with Crippen LogP contribution in [0, 0.1) is 0 Å². The lowest BCUT2D eigenvalue weighted by Crippen LogP contribution is -2.51. The summed E-state index contributed by atoms with van der Waals surface area (Å²) in [7, 11) is 0. The number of carbonyl (C=O) groups is 2. The molecule has 1 heterocycles. The van der Waals surface area contributed by atoms with Crippen LogP contribution < -0.4 is 5.73 Å². The zero-order valence-corrected chi connectivity index (χ0v) is 15.1. The molecule has 1 aliphatic rings. The number of primary amides is 1. The van der Waals surface area contributed by atoms with Crippen LogP contribution in [-0.2, 0) is 11.2 Å². The molecule has 3 rings (SSSR count). The summed E-state index contributed by atoms with van der Waals surface area (Å²) in [4.78, 5) is 28.6. The molecular weight excluding hydrogens is 326 g/mol. The van der Waals surface area contributed by atoms with Crippen molar-refractivity contribution in [3.05, 3.63) is 71.3 Å². The van der Waals surface area contributed by atoms with Gasteiger partial charge in [0.15, 0.2) is 0 Å². The Hall–Kier alpha value is -2.66. The number of aryl methyl sites for hydroxylation is 1. The molecular formula is C21H25N3O2. The molecule has 1 atom stereocenters. The summed E-state index contributed by atoms with van der Waals surface area (Å²) in [6, 6.07) is 16.9. The molecule has 0 bridgehead atoms. The highest BCUT2D eigenvalue weighted by atomic mass is 16.2. The summed E-state index contributed by atoms with van der Waals surface area (Å²) in [6.07, 6.45) is 0.959. The van der Waals surface area contributed by atoms with Crippen LogP contribution in [0.2, 0.25) is 0 Å². The monoisotopic (exact) mass is 351 g/mol. The Morgan fingerprint density at radius 1 is 0.962 bits per heavy atom. The lowest BCUT2D eigenvalue weighted by Gasteiger charge is -2.38. The van der Waals surface area contributed by atoms with Gasteiger partial charge in [0.05, 0.1) is 0 Å². The molecule has 0 radical (unpaired) electrons. The molecule has 1 unspecified atom stereocenters. The lowest BCUT2D eigenvalue weighted by atomic mass is 10.0. The molecule has 0 aromatic heterocycles. The molecule has 2 amide bonds. The van der Waals surface area contributed by atoms with Gasteiger partial charge in [-0.3, -0.25) is 14.5 Å². The van der Waals surface area contributed by atoms with Crippen LogP contribution in [0.3, 0.4) is 0 Å². The minimum Gasteiger partial charge on any atom is -0.368 e. The number of hydrogen-bond acceptors (Lipinski definition) is 3. The number of amides is 2. The molecule has 26 heavy (non-hydrogen) atoms. The summed E-state index contributed by atoms with van der Waals surface area (Å²) in [5.74, 6) is -0.311. The fourth-order valence-electron chi connectivity index (χ4n) is 3.44. The van der Waals surface area contributed by atoms with Gasteiger partial charge in [0, 0.05) is 31.7 Å². The smallest absolute Gasteiger partial charge is 0.253 e. The average Bonchev–Trinajstić information content (AvgIpc) is 2.69. The first-order valence-electron chi connectivity index (χ1n) is 9.06. The van der Waals surface area contributed by atoms with Crippen molar-refractivity contribution in [2.24, 2.45) is 5.73 Å². The summed E-state index contributed by atoms with van der Waals surface area (Å²) in [5, 5.41) is 0. The average molecular weight is 351 g/mol. The van der Waals surface area contributed by atoms with Crippen molar-refractivity contribution in [3.8, 4) is 0 Å². The predicted octanol–water partition coefficient (Wildman–Crippen LogP) is 2.23. The van der Waals surface area contributed by atoms with Gasteiger partial charge in [-0.2, -0.15) is 0 Å². The van der Waals surface area contributed by atoms with E-state index in [2.05, 4.69) is 11.8 Å². The third kappa shape index (κ3) is 3.94. The highest BCUT2D eigenvalue weighted by Crippen LogP contribution is 2.22. The predicted molar refractivity (Wildman–Crippen MR) is 102 cm³/mol. The molecule has 0 aliphatic carbocycles. The van der Waals surface area contributed by atoms with Crippen molar-refractivity contribution in [1.82, 2.24) is 9.80 Å². The molecule has 136 valence electrons. The SMILES string of the molecule is CCc1ccc(C(=O)N2CCN(C(C(N)=O)c3ccccc3)CC2)cc1. The van der Waals surface area contributed by atoms with Crippen molar-refractivity contribution in [2.45, 2.75) is 19.4 Å². The molecule has 2 N–H and O–H groups in total. The maximum atomic E-state index is 12.7. The highest BCUT2D eigenvalue weighted by Gasteiger charge is 2.30. The molecule has 5 nitrogen and oxygen atoms in total. The molecule has 5 heteroatoms. The summed E-state index contributed by atoms with van der Waals surface area (Å²) >= 11 is 0.